The molecule has 0 spiro atoms. The zero-order chi connectivity index (χ0) is 33.3. The molecule has 4 rings (SSSR count). The molecule has 2 atom stereocenters. The van der Waals surface area contributed by atoms with Crippen LogP contribution in [0, 0.1) is 12.7 Å². The van der Waals surface area contributed by atoms with Crippen molar-refractivity contribution >= 4 is 27.5 Å². The van der Waals surface area contributed by atoms with Gasteiger partial charge < -0.3 is 15.0 Å². The van der Waals surface area contributed by atoms with Gasteiger partial charge in [-0.25, -0.2) is 12.8 Å². The molecule has 0 bridgehead atoms. The number of amides is 2. The maximum Gasteiger partial charge on any atom is 0.264 e. The average Bonchev–Trinajstić information content (AvgIpc) is 3.06. The van der Waals surface area contributed by atoms with Crippen LogP contribution >= 0.6 is 0 Å². The molecule has 0 fully saturated rings. The fourth-order valence-electron chi connectivity index (χ4n) is 4.90. The van der Waals surface area contributed by atoms with E-state index in [1.807, 2.05) is 51.1 Å². The Balaban J connectivity index is 1.80. The van der Waals surface area contributed by atoms with Gasteiger partial charge in [0, 0.05) is 19.0 Å². The molecule has 0 aliphatic heterocycles. The van der Waals surface area contributed by atoms with Crippen molar-refractivity contribution in [2.45, 2.75) is 57.1 Å². The van der Waals surface area contributed by atoms with E-state index in [4.69, 9.17) is 4.74 Å². The molecular weight excluding hydrogens is 605 g/mol. The molecule has 10 heteroatoms. The number of methoxy groups -OCH3 is 1. The van der Waals surface area contributed by atoms with E-state index < -0.39 is 34.3 Å². The Bertz CT molecular complexity index is 1700. The summed E-state index contributed by atoms with van der Waals surface area (Å²) in [7, 11) is -2.76. The highest BCUT2D eigenvalue weighted by Crippen LogP contribution is 2.27. The number of carbonyl (C=O) groups excluding carboxylic acids is 2. The Morgan fingerprint density at radius 1 is 0.870 bits per heavy atom. The zero-order valence-electron chi connectivity index (χ0n) is 26.5. The molecule has 0 unspecified atom stereocenters. The number of nitrogens with zero attached hydrogens (tertiary/aromatic N) is 2. The maximum absolute atomic E-state index is 14.5. The van der Waals surface area contributed by atoms with Gasteiger partial charge >= 0.3 is 0 Å². The van der Waals surface area contributed by atoms with Crippen LogP contribution in [-0.2, 0) is 32.6 Å². The highest BCUT2D eigenvalue weighted by molar-refractivity contribution is 7.92. The summed E-state index contributed by atoms with van der Waals surface area (Å²) in [6, 6.07) is 26.6. The van der Waals surface area contributed by atoms with E-state index in [2.05, 4.69) is 5.32 Å². The van der Waals surface area contributed by atoms with Gasteiger partial charge in [-0.15, -0.1) is 0 Å². The summed E-state index contributed by atoms with van der Waals surface area (Å²) in [5.41, 5.74) is 2.62. The lowest BCUT2D eigenvalue weighted by atomic mass is 10.0. The Labute approximate surface area is 270 Å². The van der Waals surface area contributed by atoms with Crippen LogP contribution in [0.15, 0.2) is 108 Å². The Hall–Kier alpha value is -4.70. The summed E-state index contributed by atoms with van der Waals surface area (Å²) in [6.07, 6.45) is 0.864. The molecular formula is C36H40FN3O5S. The number of benzene rings is 4. The maximum atomic E-state index is 14.5. The summed E-state index contributed by atoms with van der Waals surface area (Å²) in [6.45, 7) is 5.08. The third-order valence-electron chi connectivity index (χ3n) is 7.79. The molecule has 0 saturated heterocycles. The summed E-state index contributed by atoms with van der Waals surface area (Å²) < 4.78 is 48.4. The van der Waals surface area contributed by atoms with E-state index in [-0.39, 0.29) is 29.8 Å². The van der Waals surface area contributed by atoms with Gasteiger partial charge in [-0.05, 0) is 79.9 Å². The smallest absolute Gasteiger partial charge is 0.264 e. The molecule has 8 nitrogen and oxygen atoms in total. The molecule has 0 aliphatic carbocycles. The first-order valence-electron chi connectivity index (χ1n) is 15.1. The highest BCUT2D eigenvalue weighted by atomic mass is 32.2. The number of ether oxygens (including phenoxy) is 1. The van der Waals surface area contributed by atoms with Gasteiger partial charge in [0.1, 0.15) is 24.2 Å². The monoisotopic (exact) mass is 645 g/mol. The van der Waals surface area contributed by atoms with Crippen LogP contribution in [0.4, 0.5) is 10.1 Å². The van der Waals surface area contributed by atoms with Gasteiger partial charge in [-0.3, -0.25) is 13.9 Å². The number of hydrogen-bond donors (Lipinski definition) is 1. The molecule has 0 aliphatic rings. The van der Waals surface area contributed by atoms with Crippen LogP contribution in [0.3, 0.4) is 0 Å². The molecule has 4 aromatic carbocycles. The molecule has 2 amide bonds. The second kappa shape index (κ2) is 15.5. The minimum Gasteiger partial charge on any atom is -0.497 e. The second-order valence-electron chi connectivity index (χ2n) is 11.2. The van der Waals surface area contributed by atoms with Gasteiger partial charge in [0.05, 0.1) is 17.7 Å². The van der Waals surface area contributed by atoms with Crippen LogP contribution in [0.1, 0.15) is 37.0 Å². The quantitative estimate of drug-likeness (QED) is 0.185. The van der Waals surface area contributed by atoms with Crippen LogP contribution in [0.25, 0.3) is 0 Å². The number of sulfonamides is 1. The number of nitrogens with one attached hydrogen (secondary N) is 1. The SMILES string of the molecule is CC[C@H](C)NC(=O)[C@@H](Cc1ccccc1)N(Cc1ccc(F)cc1)C(=O)CN(c1ccc(C)cc1)S(=O)(=O)c1ccc(OC)cc1. The van der Waals surface area contributed by atoms with Crippen molar-refractivity contribution in [3.63, 3.8) is 0 Å². The molecule has 0 saturated carbocycles. The number of aryl methyl sites for hydroxylation is 1. The number of hydrogen-bond acceptors (Lipinski definition) is 5. The number of halogens is 1. The van der Waals surface area contributed by atoms with E-state index in [9.17, 15) is 22.4 Å². The first-order valence-corrected chi connectivity index (χ1v) is 16.6. The molecule has 242 valence electrons. The summed E-state index contributed by atoms with van der Waals surface area (Å²) >= 11 is 0. The van der Waals surface area contributed by atoms with Gasteiger partial charge in [-0.2, -0.15) is 0 Å². The van der Waals surface area contributed by atoms with E-state index in [0.717, 1.165) is 15.4 Å². The number of carbonyl (C=O) groups is 2. The molecule has 0 aromatic heterocycles. The zero-order valence-corrected chi connectivity index (χ0v) is 27.3. The van der Waals surface area contributed by atoms with Crippen LogP contribution < -0.4 is 14.4 Å². The Kier molecular flexibility index (Phi) is 11.5. The minimum atomic E-state index is -4.25. The minimum absolute atomic E-state index is 0.0258. The van der Waals surface area contributed by atoms with Crippen molar-refractivity contribution < 1.29 is 27.1 Å². The summed E-state index contributed by atoms with van der Waals surface area (Å²) in [5.74, 6) is -0.914. The van der Waals surface area contributed by atoms with Crippen molar-refractivity contribution in [2.24, 2.45) is 0 Å². The van der Waals surface area contributed by atoms with Crippen molar-refractivity contribution in [2.75, 3.05) is 18.0 Å². The largest absolute Gasteiger partial charge is 0.497 e. The first-order chi connectivity index (χ1) is 22.0. The molecule has 0 radical (unpaired) electrons. The van der Waals surface area contributed by atoms with Gasteiger partial charge in [0.15, 0.2) is 0 Å². The van der Waals surface area contributed by atoms with Crippen molar-refractivity contribution in [1.29, 1.82) is 0 Å². The third-order valence-corrected chi connectivity index (χ3v) is 9.57. The van der Waals surface area contributed by atoms with Crippen molar-refractivity contribution in [3.8, 4) is 5.75 Å². The van der Waals surface area contributed by atoms with Crippen LogP contribution in [-0.4, -0.2) is 50.9 Å². The number of anilines is 1. The highest BCUT2D eigenvalue weighted by Gasteiger charge is 2.35. The van der Waals surface area contributed by atoms with Gasteiger partial charge in [0.25, 0.3) is 10.0 Å². The lowest BCUT2D eigenvalue weighted by Gasteiger charge is -2.34. The average molecular weight is 646 g/mol. The fourth-order valence-corrected chi connectivity index (χ4v) is 6.31. The summed E-state index contributed by atoms with van der Waals surface area (Å²) in [4.78, 5) is 29.7. The predicted molar refractivity (Wildman–Crippen MR) is 177 cm³/mol. The molecule has 0 heterocycles. The van der Waals surface area contributed by atoms with E-state index >= 15 is 0 Å². The van der Waals surface area contributed by atoms with E-state index in [1.54, 1.807) is 36.4 Å². The summed E-state index contributed by atoms with van der Waals surface area (Å²) in [5, 5.41) is 3.00. The van der Waals surface area contributed by atoms with Crippen molar-refractivity contribution in [1.82, 2.24) is 10.2 Å². The van der Waals surface area contributed by atoms with E-state index in [1.165, 1.54) is 48.4 Å². The Morgan fingerprint density at radius 3 is 2.09 bits per heavy atom. The second-order valence-corrected chi connectivity index (χ2v) is 13.1. The molecule has 4 aromatic rings. The predicted octanol–water partition coefficient (Wildman–Crippen LogP) is 5.89. The third kappa shape index (κ3) is 8.72. The van der Waals surface area contributed by atoms with Gasteiger partial charge in [-0.1, -0.05) is 67.1 Å². The van der Waals surface area contributed by atoms with Crippen molar-refractivity contribution in [3.05, 3.63) is 126 Å². The van der Waals surface area contributed by atoms with Crippen LogP contribution in [0.5, 0.6) is 5.75 Å². The topological polar surface area (TPSA) is 96.0 Å². The first kappa shape index (κ1) is 34.2. The fraction of sp³-hybridized carbons (Fsp3) is 0.278. The van der Waals surface area contributed by atoms with Crippen LogP contribution in [0.2, 0.25) is 0 Å². The molecule has 46 heavy (non-hydrogen) atoms. The normalized spacial score (nSPS) is 12.5. The Morgan fingerprint density at radius 2 is 1.50 bits per heavy atom. The lowest BCUT2D eigenvalue weighted by Crippen LogP contribution is -2.54. The standard InChI is InChI=1S/C36H40FN3O5S/c1-5-27(3)38-36(42)34(23-28-9-7-6-8-10-28)39(24-29-13-15-30(37)16-14-29)35(41)25-40(31-17-11-26(2)12-18-31)46(43,44)33-21-19-32(45-4)20-22-33/h6-22,27,34H,5,23-25H2,1-4H3,(H,38,42)/t27-,34+/m0/s1. The van der Waals surface area contributed by atoms with Gasteiger partial charge in [0.2, 0.25) is 11.8 Å². The molecule has 1 N–H and O–H groups in total. The lowest BCUT2D eigenvalue weighted by molar-refractivity contribution is -0.140. The van der Waals surface area contributed by atoms with E-state index in [0.29, 0.717) is 23.4 Å². The number of rotatable bonds is 14.